The predicted octanol–water partition coefficient (Wildman–Crippen LogP) is 3.99. The van der Waals surface area contributed by atoms with Crippen LogP contribution in [0.1, 0.15) is 24.0 Å². The van der Waals surface area contributed by atoms with Gasteiger partial charge in [-0.3, -0.25) is 9.36 Å². The number of amides is 1. The number of carbonyl (C=O) groups excluding carboxylic acids is 1. The Labute approximate surface area is 211 Å². The first-order chi connectivity index (χ1) is 17.2. The summed E-state index contributed by atoms with van der Waals surface area (Å²) in [6.07, 6.45) is 3.22. The van der Waals surface area contributed by atoms with E-state index in [0.717, 1.165) is 62.2 Å². The number of hydrogen-bond donors (Lipinski definition) is 0. The summed E-state index contributed by atoms with van der Waals surface area (Å²) in [6.45, 7) is 6.68. The normalized spacial score (nSPS) is 17.1. The second-order valence-electron chi connectivity index (χ2n) is 9.36. The van der Waals surface area contributed by atoms with Gasteiger partial charge in [0, 0.05) is 26.2 Å². The van der Waals surface area contributed by atoms with Crippen LogP contribution in [-0.2, 0) is 16.0 Å². The molecule has 2 aromatic carbocycles. The average molecular weight is 492 g/mol. The zero-order chi connectivity index (χ0) is 24.0. The van der Waals surface area contributed by atoms with E-state index in [1.807, 2.05) is 4.90 Å². The van der Waals surface area contributed by atoms with Gasteiger partial charge in [-0.1, -0.05) is 59.8 Å². The van der Waals surface area contributed by atoms with Gasteiger partial charge in [0.05, 0.1) is 24.7 Å². The van der Waals surface area contributed by atoms with Crippen molar-refractivity contribution in [3.8, 4) is 5.69 Å². The molecule has 0 atom stereocenters. The number of benzene rings is 2. The molecule has 0 saturated carbocycles. The maximum absolute atomic E-state index is 13.1. The van der Waals surface area contributed by atoms with Crippen LogP contribution in [0.2, 0.25) is 0 Å². The Hall–Kier alpha value is -2.84. The van der Waals surface area contributed by atoms with Crippen LogP contribution in [0.25, 0.3) is 5.69 Å². The van der Waals surface area contributed by atoms with Crippen LogP contribution in [0, 0.1) is 12.8 Å². The van der Waals surface area contributed by atoms with Gasteiger partial charge in [0.1, 0.15) is 0 Å². The van der Waals surface area contributed by atoms with Crippen molar-refractivity contribution in [3.63, 3.8) is 0 Å². The van der Waals surface area contributed by atoms with Crippen molar-refractivity contribution in [1.82, 2.24) is 19.7 Å². The minimum atomic E-state index is 0.180. The number of anilines is 1. The van der Waals surface area contributed by atoms with Crippen molar-refractivity contribution in [1.29, 1.82) is 0 Å². The van der Waals surface area contributed by atoms with E-state index < -0.39 is 0 Å². The van der Waals surface area contributed by atoms with Gasteiger partial charge >= 0.3 is 0 Å². The molecule has 2 aliphatic heterocycles. The highest BCUT2D eigenvalue weighted by atomic mass is 32.2. The highest BCUT2D eigenvalue weighted by Gasteiger charge is 2.25. The molecule has 0 radical (unpaired) electrons. The second kappa shape index (κ2) is 11.3. The first-order valence-electron chi connectivity index (χ1n) is 12.5. The molecule has 2 fully saturated rings. The number of hydrogen-bond acceptors (Lipinski definition) is 6. The van der Waals surface area contributed by atoms with Crippen LogP contribution in [0.4, 0.5) is 5.95 Å². The minimum absolute atomic E-state index is 0.180. The fraction of sp³-hybridized carbons (Fsp3) is 0.444. The summed E-state index contributed by atoms with van der Waals surface area (Å²) in [5, 5.41) is 9.76. The Morgan fingerprint density at radius 3 is 2.40 bits per heavy atom. The van der Waals surface area contributed by atoms with Crippen molar-refractivity contribution in [2.45, 2.75) is 31.3 Å². The summed E-state index contributed by atoms with van der Waals surface area (Å²) in [5.41, 5.74) is 3.60. The van der Waals surface area contributed by atoms with Crippen molar-refractivity contribution >= 4 is 23.6 Å². The number of ether oxygens (including phenoxy) is 1. The topological polar surface area (TPSA) is 63.5 Å². The molecule has 5 rings (SSSR count). The first-order valence-corrected chi connectivity index (χ1v) is 13.5. The molecule has 8 heteroatoms. The number of aryl methyl sites for hydroxylation is 1. The van der Waals surface area contributed by atoms with Crippen LogP contribution in [0.3, 0.4) is 0 Å². The maximum atomic E-state index is 13.1. The lowest BCUT2D eigenvalue weighted by atomic mass is 9.90. The van der Waals surface area contributed by atoms with E-state index in [1.165, 1.54) is 22.9 Å². The molecular formula is C27H33N5O2S. The number of morpholine rings is 1. The molecule has 2 aliphatic rings. The van der Waals surface area contributed by atoms with E-state index in [4.69, 9.17) is 4.74 Å². The summed E-state index contributed by atoms with van der Waals surface area (Å²) in [4.78, 5) is 17.3. The van der Waals surface area contributed by atoms with Gasteiger partial charge < -0.3 is 14.5 Å². The summed E-state index contributed by atoms with van der Waals surface area (Å²) in [6, 6.07) is 19.0. The Morgan fingerprint density at radius 1 is 0.971 bits per heavy atom. The van der Waals surface area contributed by atoms with Gasteiger partial charge in [-0.25, -0.2) is 0 Å². The number of likely N-dealkylation sites (tertiary alicyclic amines) is 1. The van der Waals surface area contributed by atoms with Crippen molar-refractivity contribution in [2.75, 3.05) is 50.0 Å². The monoisotopic (exact) mass is 491 g/mol. The molecule has 35 heavy (non-hydrogen) atoms. The Balaban J connectivity index is 1.22. The molecule has 7 nitrogen and oxygen atoms in total. The molecule has 1 aromatic heterocycles. The van der Waals surface area contributed by atoms with Gasteiger partial charge in [0.15, 0.2) is 5.16 Å². The lowest BCUT2D eigenvalue weighted by Gasteiger charge is -2.32. The highest BCUT2D eigenvalue weighted by molar-refractivity contribution is 7.99. The molecule has 0 spiro atoms. The smallest absolute Gasteiger partial charge is 0.233 e. The Kier molecular flexibility index (Phi) is 7.69. The fourth-order valence-corrected chi connectivity index (χ4v) is 5.65. The first kappa shape index (κ1) is 23.9. The molecule has 1 amide bonds. The van der Waals surface area contributed by atoms with Crippen molar-refractivity contribution < 1.29 is 9.53 Å². The molecule has 0 bridgehead atoms. The summed E-state index contributed by atoms with van der Waals surface area (Å²) in [7, 11) is 0. The average Bonchev–Trinajstić information content (AvgIpc) is 3.33. The SMILES string of the molecule is Cc1ccc(-n2c(SCC(=O)N3CCC(Cc4ccccc4)CC3)nnc2N2CCOCC2)cc1. The lowest BCUT2D eigenvalue weighted by molar-refractivity contribution is -0.129. The molecule has 0 N–H and O–H groups in total. The van der Waals surface area contributed by atoms with Crippen molar-refractivity contribution in [2.24, 2.45) is 5.92 Å². The molecule has 0 unspecified atom stereocenters. The molecule has 3 heterocycles. The minimum Gasteiger partial charge on any atom is -0.378 e. The Morgan fingerprint density at radius 2 is 1.69 bits per heavy atom. The lowest BCUT2D eigenvalue weighted by Crippen LogP contribution is -2.40. The quantitative estimate of drug-likeness (QED) is 0.466. The van der Waals surface area contributed by atoms with E-state index in [-0.39, 0.29) is 5.91 Å². The van der Waals surface area contributed by atoms with E-state index in [1.54, 1.807) is 0 Å². The van der Waals surface area contributed by atoms with E-state index in [9.17, 15) is 4.79 Å². The van der Waals surface area contributed by atoms with Crippen LogP contribution in [0.5, 0.6) is 0 Å². The number of rotatable bonds is 7. The third-order valence-electron chi connectivity index (χ3n) is 6.86. The van der Waals surface area contributed by atoms with E-state index in [2.05, 4.69) is 81.2 Å². The molecule has 3 aromatic rings. The van der Waals surface area contributed by atoms with E-state index >= 15 is 0 Å². The molecule has 184 valence electrons. The molecular weight excluding hydrogens is 458 g/mol. The highest BCUT2D eigenvalue weighted by Crippen LogP contribution is 2.28. The van der Waals surface area contributed by atoms with E-state index in [0.29, 0.717) is 24.9 Å². The fourth-order valence-electron chi connectivity index (χ4n) is 4.80. The van der Waals surface area contributed by atoms with Crippen LogP contribution < -0.4 is 4.90 Å². The van der Waals surface area contributed by atoms with Crippen LogP contribution in [-0.4, -0.2) is 70.7 Å². The van der Waals surface area contributed by atoms with Crippen LogP contribution >= 0.6 is 11.8 Å². The number of nitrogens with zero attached hydrogens (tertiary/aromatic N) is 5. The zero-order valence-corrected chi connectivity index (χ0v) is 21.1. The van der Waals surface area contributed by atoms with Gasteiger partial charge in [0.25, 0.3) is 0 Å². The van der Waals surface area contributed by atoms with Gasteiger partial charge in [-0.15, -0.1) is 10.2 Å². The number of aromatic nitrogens is 3. The van der Waals surface area contributed by atoms with Gasteiger partial charge in [-0.2, -0.15) is 0 Å². The largest absolute Gasteiger partial charge is 0.378 e. The summed E-state index contributed by atoms with van der Waals surface area (Å²) in [5.74, 6) is 2.01. The second-order valence-corrected chi connectivity index (χ2v) is 10.3. The van der Waals surface area contributed by atoms with Gasteiger partial charge in [-0.05, 0) is 49.8 Å². The summed E-state index contributed by atoms with van der Waals surface area (Å²) >= 11 is 1.48. The molecule has 0 aliphatic carbocycles. The predicted molar refractivity (Wildman–Crippen MR) is 139 cm³/mol. The molecule has 2 saturated heterocycles. The van der Waals surface area contributed by atoms with Crippen LogP contribution in [0.15, 0.2) is 59.8 Å². The standard InChI is InChI=1S/C27H33N5O2S/c1-21-7-9-24(10-8-21)32-26(31-15-17-34-18-16-31)28-29-27(32)35-20-25(33)30-13-11-23(12-14-30)19-22-5-3-2-4-6-22/h2-10,23H,11-20H2,1H3. The van der Waals surface area contributed by atoms with Crippen molar-refractivity contribution in [3.05, 3.63) is 65.7 Å². The number of piperidine rings is 1. The third kappa shape index (κ3) is 5.87. The third-order valence-corrected chi connectivity index (χ3v) is 7.78. The zero-order valence-electron chi connectivity index (χ0n) is 20.3. The summed E-state index contributed by atoms with van der Waals surface area (Å²) < 4.78 is 7.60. The number of thioether (sulfide) groups is 1. The van der Waals surface area contributed by atoms with Gasteiger partial charge in [0.2, 0.25) is 11.9 Å². The Bertz CT molecular complexity index is 1100. The number of carbonyl (C=O) groups is 1. The maximum Gasteiger partial charge on any atom is 0.233 e.